The van der Waals surface area contributed by atoms with E-state index in [-0.39, 0.29) is 59.1 Å². The minimum absolute atomic E-state index is 0.0217. The number of ether oxygens (including phenoxy) is 2. The molecule has 212 valence electrons. The van der Waals surface area contributed by atoms with Crippen molar-refractivity contribution in [3.8, 4) is 0 Å². The highest BCUT2D eigenvalue weighted by Crippen LogP contribution is 2.62. The Hall–Kier alpha value is -3.15. The first-order valence-electron chi connectivity index (χ1n) is 14.9. The van der Waals surface area contributed by atoms with E-state index in [9.17, 15) is 14.0 Å². The standard InChI is InChI=1S/C34H40FNO4/c1-5-28-31-26(32(37)40-28)18-22-17-24(36-33(38)39-6-2)14-15-34(22,4)27(31)13-11-20-10-12-25(30-19(3)29(20)30)21-8-7-9-23(35)16-21/h5,7-13,16,19,22,24,26-31H,1,6,14-15,17-18H2,2-4H3,(H,36,38)/b13-11+/t19?,22-,24+,26+,27-,28-,29?,30+,31+,34+/m0/s1. The lowest BCUT2D eigenvalue weighted by Gasteiger charge is -2.55. The fourth-order valence-electron chi connectivity index (χ4n) is 8.59. The minimum Gasteiger partial charge on any atom is -0.458 e. The molecular weight excluding hydrogens is 505 g/mol. The van der Waals surface area contributed by atoms with Crippen molar-refractivity contribution >= 4 is 17.6 Å². The summed E-state index contributed by atoms with van der Waals surface area (Å²) in [5.74, 6) is 1.33. The van der Waals surface area contributed by atoms with Crippen molar-refractivity contribution in [2.45, 2.75) is 58.6 Å². The van der Waals surface area contributed by atoms with Crippen LogP contribution in [0.25, 0.3) is 5.57 Å². The van der Waals surface area contributed by atoms with Crippen LogP contribution in [0.5, 0.6) is 0 Å². The number of alkyl carbamates (subject to hydrolysis) is 1. The fourth-order valence-corrected chi connectivity index (χ4v) is 8.59. The second-order valence-electron chi connectivity index (χ2n) is 12.7. The molecule has 4 aliphatic carbocycles. The van der Waals surface area contributed by atoms with Crippen LogP contribution in [0, 0.1) is 52.7 Å². The topological polar surface area (TPSA) is 64.6 Å². The number of allylic oxidation sites excluding steroid dienone is 6. The highest BCUT2D eigenvalue weighted by atomic mass is 19.1. The van der Waals surface area contributed by atoms with Gasteiger partial charge in [-0.15, -0.1) is 0 Å². The molecule has 1 amide bonds. The molecule has 10 atom stereocenters. The average molecular weight is 546 g/mol. The second-order valence-corrected chi connectivity index (χ2v) is 12.7. The maximum atomic E-state index is 13.9. The number of halogens is 1. The van der Waals surface area contributed by atoms with Crippen LogP contribution in [0.1, 0.15) is 52.0 Å². The molecule has 0 radical (unpaired) electrons. The molecule has 3 saturated carbocycles. The summed E-state index contributed by atoms with van der Waals surface area (Å²) in [5, 5.41) is 3.05. The van der Waals surface area contributed by atoms with Gasteiger partial charge in [-0.05, 0) is 96.5 Å². The summed E-state index contributed by atoms with van der Waals surface area (Å²) >= 11 is 0. The molecule has 0 spiro atoms. The maximum absolute atomic E-state index is 13.9. The Morgan fingerprint density at radius 2 is 2.10 bits per heavy atom. The van der Waals surface area contributed by atoms with E-state index in [1.807, 2.05) is 13.0 Å². The first-order chi connectivity index (χ1) is 19.2. The molecule has 0 bridgehead atoms. The molecule has 1 saturated heterocycles. The number of fused-ring (bicyclic) bond motifs is 3. The van der Waals surface area contributed by atoms with E-state index in [0.29, 0.717) is 24.4 Å². The van der Waals surface area contributed by atoms with Crippen molar-refractivity contribution in [3.63, 3.8) is 0 Å². The Kier molecular flexibility index (Phi) is 7.00. The Morgan fingerprint density at radius 1 is 1.27 bits per heavy atom. The van der Waals surface area contributed by atoms with Gasteiger partial charge < -0.3 is 14.8 Å². The van der Waals surface area contributed by atoms with Gasteiger partial charge in [0.15, 0.2) is 0 Å². The molecule has 1 aromatic carbocycles. The lowest BCUT2D eigenvalue weighted by molar-refractivity contribution is -0.144. The predicted octanol–water partition coefficient (Wildman–Crippen LogP) is 6.87. The molecule has 0 aromatic heterocycles. The Labute approximate surface area is 236 Å². The zero-order chi connectivity index (χ0) is 28.2. The van der Waals surface area contributed by atoms with E-state index in [0.717, 1.165) is 31.2 Å². The number of amides is 1. The van der Waals surface area contributed by atoms with Crippen LogP contribution in [0.3, 0.4) is 0 Å². The number of esters is 1. The van der Waals surface area contributed by atoms with Crippen LogP contribution in [-0.2, 0) is 14.3 Å². The summed E-state index contributed by atoms with van der Waals surface area (Å²) < 4.78 is 24.9. The first-order valence-corrected chi connectivity index (χ1v) is 14.9. The lowest BCUT2D eigenvalue weighted by atomic mass is 9.49. The summed E-state index contributed by atoms with van der Waals surface area (Å²) in [6.07, 6.45) is 13.6. The number of carbonyl (C=O) groups excluding carboxylic acids is 2. The summed E-state index contributed by atoms with van der Waals surface area (Å²) in [5.41, 5.74) is 3.46. The number of benzene rings is 1. The Balaban J connectivity index is 1.29. The van der Waals surface area contributed by atoms with Gasteiger partial charge in [0, 0.05) is 12.0 Å². The number of carbonyl (C=O) groups is 2. The van der Waals surface area contributed by atoms with E-state index >= 15 is 0 Å². The first kappa shape index (κ1) is 27.0. The number of hydrogen-bond acceptors (Lipinski definition) is 4. The predicted molar refractivity (Wildman–Crippen MR) is 152 cm³/mol. The molecule has 6 heteroatoms. The summed E-state index contributed by atoms with van der Waals surface area (Å²) in [6.45, 7) is 10.8. The molecule has 6 rings (SSSR count). The van der Waals surface area contributed by atoms with E-state index in [1.54, 1.807) is 18.2 Å². The van der Waals surface area contributed by atoms with Gasteiger partial charge >= 0.3 is 12.1 Å². The van der Waals surface area contributed by atoms with Crippen molar-refractivity contribution in [2.75, 3.05) is 6.61 Å². The number of hydrogen-bond donors (Lipinski definition) is 1. The summed E-state index contributed by atoms with van der Waals surface area (Å²) in [6, 6.07) is 6.94. The van der Waals surface area contributed by atoms with Gasteiger partial charge in [0.25, 0.3) is 0 Å². The van der Waals surface area contributed by atoms with E-state index in [4.69, 9.17) is 9.47 Å². The SMILES string of the molecule is C=C[C@@H]1OC(=O)[C@@H]2C[C@@H]3C[C@H](NC(=O)OCC)CC[C@@]3(C)[C@@H](/C=C/C3=CC=C(c4cccc(F)c4)[C@H]4C(C)C34)[C@H]12. The third kappa shape index (κ3) is 4.53. The van der Waals surface area contributed by atoms with Crippen molar-refractivity contribution < 1.29 is 23.5 Å². The van der Waals surface area contributed by atoms with E-state index < -0.39 is 0 Å². The minimum atomic E-state index is -0.365. The second kappa shape index (κ2) is 10.4. The average Bonchev–Trinajstić information content (AvgIpc) is 3.50. The van der Waals surface area contributed by atoms with Gasteiger partial charge in [0.1, 0.15) is 11.9 Å². The third-order valence-corrected chi connectivity index (χ3v) is 10.7. The lowest BCUT2D eigenvalue weighted by Crippen LogP contribution is -2.53. The van der Waals surface area contributed by atoms with Gasteiger partial charge in [0.05, 0.1) is 12.5 Å². The fraction of sp³-hybridized carbons (Fsp3) is 0.529. The van der Waals surface area contributed by atoms with Crippen molar-refractivity contribution in [1.29, 1.82) is 0 Å². The van der Waals surface area contributed by atoms with Gasteiger partial charge in [-0.2, -0.15) is 0 Å². The molecule has 5 nitrogen and oxygen atoms in total. The van der Waals surface area contributed by atoms with Crippen LogP contribution in [0.2, 0.25) is 0 Å². The zero-order valence-electron chi connectivity index (χ0n) is 23.6. The molecular formula is C34H40FNO4. The van der Waals surface area contributed by atoms with Crippen LogP contribution in [-0.4, -0.2) is 30.8 Å². The zero-order valence-corrected chi connectivity index (χ0v) is 23.6. The van der Waals surface area contributed by atoms with E-state index in [1.165, 1.54) is 17.2 Å². The van der Waals surface area contributed by atoms with Gasteiger partial charge in [-0.25, -0.2) is 9.18 Å². The largest absolute Gasteiger partial charge is 0.458 e. The summed E-state index contributed by atoms with van der Waals surface area (Å²) in [4.78, 5) is 25.2. The molecule has 1 aliphatic heterocycles. The van der Waals surface area contributed by atoms with Crippen molar-refractivity contribution in [1.82, 2.24) is 5.32 Å². The van der Waals surface area contributed by atoms with Gasteiger partial charge in [0.2, 0.25) is 0 Å². The maximum Gasteiger partial charge on any atom is 0.407 e. The Morgan fingerprint density at radius 3 is 2.85 bits per heavy atom. The van der Waals surface area contributed by atoms with Gasteiger partial charge in [-0.3, -0.25) is 4.79 Å². The monoisotopic (exact) mass is 545 g/mol. The summed E-state index contributed by atoms with van der Waals surface area (Å²) in [7, 11) is 0. The number of rotatable bonds is 6. The third-order valence-electron chi connectivity index (χ3n) is 10.7. The normalized spacial score (nSPS) is 39.7. The number of nitrogens with one attached hydrogen (secondary N) is 1. The number of cyclic esters (lactones) is 1. The van der Waals surface area contributed by atoms with E-state index in [2.05, 4.69) is 50.0 Å². The van der Waals surface area contributed by atoms with Crippen molar-refractivity contribution in [2.24, 2.45) is 46.8 Å². The Bertz CT molecular complexity index is 1300. The molecule has 2 unspecified atom stereocenters. The van der Waals surface area contributed by atoms with Gasteiger partial charge in [-0.1, -0.05) is 62.9 Å². The highest BCUT2D eigenvalue weighted by Gasteiger charge is 2.60. The smallest absolute Gasteiger partial charge is 0.407 e. The molecule has 4 fully saturated rings. The molecule has 5 aliphatic rings. The molecule has 1 aromatic rings. The highest BCUT2D eigenvalue weighted by molar-refractivity contribution is 5.77. The van der Waals surface area contributed by atoms with Crippen LogP contribution in [0.15, 0.2) is 66.8 Å². The molecule has 1 heterocycles. The van der Waals surface area contributed by atoms with Crippen LogP contribution >= 0.6 is 0 Å². The molecule has 40 heavy (non-hydrogen) atoms. The van der Waals surface area contributed by atoms with Crippen LogP contribution in [0.4, 0.5) is 9.18 Å². The quantitative estimate of drug-likeness (QED) is 0.313. The molecule has 1 N–H and O–H groups in total. The van der Waals surface area contributed by atoms with Crippen molar-refractivity contribution in [3.05, 3.63) is 78.2 Å². The van der Waals surface area contributed by atoms with Crippen LogP contribution < -0.4 is 5.32 Å².